The Kier molecular flexibility index (Phi) is 9.03. The van der Waals surface area contributed by atoms with E-state index in [2.05, 4.69) is 17.2 Å². The van der Waals surface area contributed by atoms with Gasteiger partial charge in [-0.25, -0.2) is 0 Å². The molecule has 0 saturated heterocycles. The normalized spacial score (nSPS) is 10.9. The summed E-state index contributed by atoms with van der Waals surface area (Å²) >= 11 is 0. The van der Waals surface area contributed by atoms with Crippen molar-refractivity contribution in [1.29, 1.82) is 0 Å². The number of carbonyl (C=O) groups excluding carboxylic acids is 1. The minimum atomic E-state index is -0.0623. The highest BCUT2D eigenvalue weighted by Gasteiger charge is 2.10. The Morgan fingerprint density at radius 3 is 2.24 bits per heavy atom. The molecule has 0 saturated carbocycles. The van der Waals surface area contributed by atoms with Gasteiger partial charge in [0.05, 0.1) is 0 Å². The van der Waals surface area contributed by atoms with Crippen molar-refractivity contribution in [3.63, 3.8) is 0 Å². The predicted molar refractivity (Wildman–Crippen MR) is 106 cm³/mol. The van der Waals surface area contributed by atoms with Gasteiger partial charge >= 0.3 is 0 Å². The SMILES string of the molecule is CCCCCCCCCCCCNC(=O)c1nccc2ccccc12. The van der Waals surface area contributed by atoms with Crippen molar-refractivity contribution in [3.05, 3.63) is 42.2 Å². The molecule has 2 rings (SSSR count). The third kappa shape index (κ3) is 6.85. The van der Waals surface area contributed by atoms with Crippen LogP contribution in [0.5, 0.6) is 0 Å². The number of rotatable bonds is 12. The van der Waals surface area contributed by atoms with Crippen molar-refractivity contribution in [2.24, 2.45) is 0 Å². The summed E-state index contributed by atoms with van der Waals surface area (Å²) in [6, 6.07) is 9.83. The molecular formula is C22H32N2O. The second-order valence-corrected chi connectivity index (χ2v) is 6.82. The predicted octanol–water partition coefficient (Wildman–Crippen LogP) is 5.89. The second kappa shape index (κ2) is 11.6. The first-order chi connectivity index (χ1) is 12.3. The standard InChI is InChI=1S/C22H32N2O/c1-2-3-4-5-6-7-8-9-10-13-17-24-22(25)21-20-15-12-11-14-19(20)16-18-23-21/h11-12,14-16,18H,2-10,13,17H2,1H3,(H,24,25). The van der Waals surface area contributed by atoms with E-state index in [1.807, 2.05) is 30.3 Å². The Hall–Kier alpha value is -1.90. The average Bonchev–Trinajstić information content (AvgIpc) is 2.65. The molecule has 0 aliphatic carbocycles. The quantitative estimate of drug-likeness (QED) is 0.490. The molecule has 0 aliphatic heterocycles. The largest absolute Gasteiger partial charge is 0.351 e. The number of unbranched alkanes of at least 4 members (excludes halogenated alkanes) is 9. The van der Waals surface area contributed by atoms with E-state index in [0.29, 0.717) is 5.69 Å². The topological polar surface area (TPSA) is 42.0 Å². The van der Waals surface area contributed by atoms with Gasteiger partial charge in [0, 0.05) is 18.1 Å². The van der Waals surface area contributed by atoms with Crippen LogP contribution < -0.4 is 5.32 Å². The van der Waals surface area contributed by atoms with Crippen LogP contribution in [0.3, 0.4) is 0 Å². The zero-order valence-electron chi connectivity index (χ0n) is 15.6. The molecule has 0 unspecified atom stereocenters. The highest BCUT2D eigenvalue weighted by molar-refractivity contribution is 6.05. The molecule has 136 valence electrons. The lowest BCUT2D eigenvalue weighted by Gasteiger charge is -2.07. The molecule has 3 nitrogen and oxygen atoms in total. The Morgan fingerprint density at radius 2 is 1.52 bits per heavy atom. The van der Waals surface area contributed by atoms with Gasteiger partial charge in [0.15, 0.2) is 0 Å². The fraction of sp³-hybridized carbons (Fsp3) is 0.545. The average molecular weight is 341 g/mol. The van der Waals surface area contributed by atoms with Gasteiger partial charge in [-0.3, -0.25) is 9.78 Å². The molecule has 1 amide bonds. The van der Waals surface area contributed by atoms with E-state index in [9.17, 15) is 4.79 Å². The summed E-state index contributed by atoms with van der Waals surface area (Å²) in [6.07, 6.45) is 14.8. The van der Waals surface area contributed by atoms with Crippen molar-refractivity contribution >= 4 is 16.7 Å². The number of carbonyl (C=O) groups is 1. The lowest BCUT2D eigenvalue weighted by atomic mass is 10.1. The molecule has 1 aromatic carbocycles. The van der Waals surface area contributed by atoms with Crippen LogP contribution in [0.1, 0.15) is 81.6 Å². The van der Waals surface area contributed by atoms with Gasteiger partial charge in [0.2, 0.25) is 0 Å². The van der Waals surface area contributed by atoms with Gasteiger partial charge in [-0.2, -0.15) is 0 Å². The number of pyridine rings is 1. The summed E-state index contributed by atoms with van der Waals surface area (Å²) in [5, 5.41) is 4.99. The van der Waals surface area contributed by atoms with Gasteiger partial charge in [-0.05, 0) is 17.9 Å². The number of hydrogen-bond donors (Lipinski definition) is 1. The highest BCUT2D eigenvalue weighted by atomic mass is 16.1. The van der Waals surface area contributed by atoms with Crippen molar-refractivity contribution in [1.82, 2.24) is 10.3 Å². The van der Waals surface area contributed by atoms with E-state index in [0.717, 1.165) is 23.7 Å². The number of aromatic nitrogens is 1. The molecule has 3 heteroatoms. The Balaban J connectivity index is 1.58. The molecule has 0 radical (unpaired) electrons. The monoisotopic (exact) mass is 340 g/mol. The minimum absolute atomic E-state index is 0.0623. The number of fused-ring (bicyclic) bond motifs is 1. The van der Waals surface area contributed by atoms with E-state index < -0.39 is 0 Å². The maximum Gasteiger partial charge on any atom is 0.270 e. The van der Waals surface area contributed by atoms with Crippen LogP contribution in [-0.4, -0.2) is 17.4 Å². The summed E-state index contributed by atoms with van der Waals surface area (Å²) in [7, 11) is 0. The van der Waals surface area contributed by atoms with Crippen LogP contribution in [0.4, 0.5) is 0 Å². The first-order valence-electron chi connectivity index (χ1n) is 9.95. The summed E-state index contributed by atoms with van der Waals surface area (Å²) in [5.74, 6) is -0.0623. The smallest absolute Gasteiger partial charge is 0.270 e. The van der Waals surface area contributed by atoms with E-state index in [1.165, 1.54) is 57.8 Å². The molecule has 2 aromatic rings. The number of benzene rings is 1. The van der Waals surface area contributed by atoms with E-state index in [1.54, 1.807) is 6.20 Å². The molecule has 0 spiro atoms. The van der Waals surface area contributed by atoms with Crippen molar-refractivity contribution < 1.29 is 4.79 Å². The Morgan fingerprint density at radius 1 is 0.880 bits per heavy atom. The lowest BCUT2D eigenvalue weighted by molar-refractivity contribution is 0.0950. The van der Waals surface area contributed by atoms with E-state index in [-0.39, 0.29) is 5.91 Å². The first kappa shape index (κ1) is 19.4. The Labute approximate surface area is 152 Å². The second-order valence-electron chi connectivity index (χ2n) is 6.82. The van der Waals surface area contributed by atoms with Crippen molar-refractivity contribution in [2.75, 3.05) is 6.54 Å². The van der Waals surface area contributed by atoms with E-state index in [4.69, 9.17) is 0 Å². The summed E-state index contributed by atoms with van der Waals surface area (Å²) in [5.41, 5.74) is 0.533. The highest BCUT2D eigenvalue weighted by Crippen LogP contribution is 2.16. The molecule has 0 fully saturated rings. The van der Waals surface area contributed by atoms with Gasteiger partial charge in [0.1, 0.15) is 5.69 Å². The number of nitrogens with zero attached hydrogens (tertiary/aromatic N) is 1. The summed E-state index contributed by atoms with van der Waals surface area (Å²) in [4.78, 5) is 16.6. The number of amides is 1. The molecular weight excluding hydrogens is 308 g/mol. The van der Waals surface area contributed by atoms with Crippen LogP contribution in [0.25, 0.3) is 10.8 Å². The van der Waals surface area contributed by atoms with Crippen LogP contribution in [0.15, 0.2) is 36.5 Å². The molecule has 0 aliphatic rings. The Bertz CT molecular complexity index is 633. The molecule has 25 heavy (non-hydrogen) atoms. The zero-order valence-corrected chi connectivity index (χ0v) is 15.6. The zero-order chi connectivity index (χ0) is 17.7. The molecule has 0 bridgehead atoms. The maximum absolute atomic E-state index is 12.3. The van der Waals surface area contributed by atoms with Crippen LogP contribution in [0, 0.1) is 0 Å². The fourth-order valence-electron chi connectivity index (χ4n) is 3.20. The molecule has 0 atom stereocenters. The summed E-state index contributed by atoms with van der Waals surface area (Å²) in [6.45, 7) is 3.00. The van der Waals surface area contributed by atoms with Crippen molar-refractivity contribution in [2.45, 2.75) is 71.1 Å². The van der Waals surface area contributed by atoms with Gasteiger partial charge in [-0.1, -0.05) is 89.0 Å². The minimum Gasteiger partial charge on any atom is -0.351 e. The fourth-order valence-corrected chi connectivity index (χ4v) is 3.20. The molecule has 1 N–H and O–H groups in total. The van der Waals surface area contributed by atoms with E-state index >= 15 is 0 Å². The van der Waals surface area contributed by atoms with Gasteiger partial charge in [0.25, 0.3) is 5.91 Å². The third-order valence-corrected chi connectivity index (χ3v) is 4.70. The molecule has 1 heterocycles. The number of hydrogen-bond acceptors (Lipinski definition) is 2. The third-order valence-electron chi connectivity index (χ3n) is 4.70. The lowest BCUT2D eigenvalue weighted by Crippen LogP contribution is -2.25. The summed E-state index contributed by atoms with van der Waals surface area (Å²) < 4.78 is 0. The first-order valence-corrected chi connectivity index (χ1v) is 9.95. The van der Waals surface area contributed by atoms with Gasteiger partial charge < -0.3 is 5.32 Å². The van der Waals surface area contributed by atoms with Crippen molar-refractivity contribution in [3.8, 4) is 0 Å². The van der Waals surface area contributed by atoms with Crippen LogP contribution in [-0.2, 0) is 0 Å². The number of nitrogens with one attached hydrogen (secondary N) is 1. The molecule has 1 aromatic heterocycles. The van der Waals surface area contributed by atoms with Gasteiger partial charge in [-0.15, -0.1) is 0 Å². The van der Waals surface area contributed by atoms with Crippen LogP contribution in [0.2, 0.25) is 0 Å². The van der Waals surface area contributed by atoms with Crippen LogP contribution >= 0.6 is 0 Å². The maximum atomic E-state index is 12.3.